The Morgan fingerprint density at radius 1 is 1.35 bits per heavy atom. The van der Waals surface area contributed by atoms with Crippen molar-refractivity contribution in [1.82, 2.24) is 9.88 Å². The van der Waals surface area contributed by atoms with Crippen LogP contribution in [0.15, 0.2) is 24.3 Å². The van der Waals surface area contributed by atoms with Gasteiger partial charge in [0.1, 0.15) is 0 Å². The molecule has 1 amide bonds. The number of rotatable bonds is 4. The molecule has 0 spiro atoms. The highest BCUT2D eigenvalue weighted by molar-refractivity contribution is 7.16. The predicted octanol–water partition coefficient (Wildman–Crippen LogP) is 3.25. The number of nitrogens with zero attached hydrogens (tertiary/aromatic N) is 2. The number of hydrogen-bond donors (Lipinski definition) is 1. The van der Waals surface area contributed by atoms with Gasteiger partial charge in [-0.15, -0.1) is 0 Å². The van der Waals surface area contributed by atoms with E-state index >= 15 is 0 Å². The fraction of sp³-hybridized carbons (Fsp3) is 0.375. The van der Waals surface area contributed by atoms with Crippen LogP contribution in [0.4, 0.5) is 5.13 Å². The lowest BCUT2D eigenvalue weighted by Crippen LogP contribution is -2.35. The molecular weight excluding hydrogens is 334 g/mol. The minimum Gasteiger partial charge on any atom is -0.379 e. The molecule has 1 fully saturated rings. The monoisotopic (exact) mass is 351 g/mol. The summed E-state index contributed by atoms with van der Waals surface area (Å²) in [4.78, 5) is 19.4. The zero-order valence-electron chi connectivity index (χ0n) is 12.8. The van der Waals surface area contributed by atoms with E-state index in [2.05, 4.69) is 15.2 Å². The summed E-state index contributed by atoms with van der Waals surface area (Å²) in [6.45, 7) is 5.63. The summed E-state index contributed by atoms with van der Waals surface area (Å²) in [5.74, 6) is -0.112. The SMILES string of the molecule is CC(=O)Nc1nc(-c2ccc(Cl)cc2)c(CN2CCOCC2)s1. The number of nitrogens with one attached hydrogen (secondary N) is 1. The number of carbonyl (C=O) groups excluding carboxylic acids is 1. The second kappa shape index (κ2) is 7.40. The van der Waals surface area contributed by atoms with Gasteiger partial charge in [0.25, 0.3) is 0 Å². The number of thiazole rings is 1. The lowest BCUT2D eigenvalue weighted by Gasteiger charge is -2.26. The van der Waals surface area contributed by atoms with Gasteiger partial charge >= 0.3 is 0 Å². The Kier molecular flexibility index (Phi) is 5.27. The maximum Gasteiger partial charge on any atom is 0.223 e. The number of ether oxygens (including phenoxy) is 1. The molecule has 5 nitrogen and oxygen atoms in total. The molecule has 0 radical (unpaired) electrons. The van der Waals surface area contributed by atoms with Crippen molar-refractivity contribution in [2.24, 2.45) is 0 Å². The van der Waals surface area contributed by atoms with Gasteiger partial charge in [-0.3, -0.25) is 9.69 Å². The van der Waals surface area contributed by atoms with Crippen LogP contribution in [0.25, 0.3) is 11.3 Å². The average molecular weight is 352 g/mol. The van der Waals surface area contributed by atoms with E-state index in [-0.39, 0.29) is 5.91 Å². The molecule has 1 N–H and O–H groups in total. The van der Waals surface area contributed by atoms with E-state index in [1.807, 2.05) is 24.3 Å². The van der Waals surface area contributed by atoms with E-state index in [1.54, 1.807) is 0 Å². The van der Waals surface area contributed by atoms with Crippen LogP contribution in [0, 0.1) is 0 Å². The molecule has 0 atom stereocenters. The van der Waals surface area contributed by atoms with Crippen LogP contribution in [0.3, 0.4) is 0 Å². The number of hydrogen-bond acceptors (Lipinski definition) is 5. The number of morpholine rings is 1. The predicted molar refractivity (Wildman–Crippen MR) is 93.0 cm³/mol. The maximum absolute atomic E-state index is 11.3. The van der Waals surface area contributed by atoms with Gasteiger partial charge in [-0.25, -0.2) is 4.98 Å². The smallest absolute Gasteiger partial charge is 0.223 e. The van der Waals surface area contributed by atoms with Crippen LogP contribution in [-0.2, 0) is 16.1 Å². The van der Waals surface area contributed by atoms with Crippen molar-refractivity contribution >= 4 is 34.0 Å². The largest absolute Gasteiger partial charge is 0.379 e. The molecule has 1 aliphatic rings. The van der Waals surface area contributed by atoms with E-state index in [9.17, 15) is 4.79 Å². The van der Waals surface area contributed by atoms with Crippen molar-refractivity contribution in [2.75, 3.05) is 31.6 Å². The van der Waals surface area contributed by atoms with Crippen LogP contribution in [-0.4, -0.2) is 42.1 Å². The highest BCUT2D eigenvalue weighted by Gasteiger charge is 2.18. The first kappa shape index (κ1) is 16.4. The molecule has 1 saturated heterocycles. The quantitative estimate of drug-likeness (QED) is 0.918. The number of benzene rings is 1. The third kappa shape index (κ3) is 4.29. The van der Waals surface area contributed by atoms with Crippen LogP contribution >= 0.6 is 22.9 Å². The topological polar surface area (TPSA) is 54.5 Å². The van der Waals surface area contributed by atoms with Gasteiger partial charge in [0.2, 0.25) is 5.91 Å². The zero-order chi connectivity index (χ0) is 16.2. The Bertz CT molecular complexity index is 681. The number of carbonyl (C=O) groups is 1. The molecule has 0 saturated carbocycles. The van der Waals surface area contributed by atoms with Crippen molar-refractivity contribution in [3.05, 3.63) is 34.2 Å². The van der Waals surface area contributed by atoms with E-state index in [0.717, 1.165) is 49.0 Å². The van der Waals surface area contributed by atoms with Crippen LogP contribution in [0.1, 0.15) is 11.8 Å². The van der Waals surface area contributed by atoms with Crippen LogP contribution in [0.5, 0.6) is 0 Å². The third-order valence-corrected chi connectivity index (χ3v) is 4.78. The van der Waals surface area contributed by atoms with Gasteiger partial charge in [0, 0.05) is 42.0 Å². The first-order valence-electron chi connectivity index (χ1n) is 7.45. The molecule has 23 heavy (non-hydrogen) atoms. The molecular formula is C16H18ClN3O2S. The first-order valence-corrected chi connectivity index (χ1v) is 8.64. The summed E-state index contributed by atoms with van der Waals surface area (Å²) in [7, 11) is 0. The summed E-state index contributed by atoms with van der Waals surface area (Å²) >= 11 is 7.49. The second-order valence-electron chi connectivity index (χ2n) is 5.37. The fourth-order valence-corrected chi connectivity index (χ4v) is 3.66. The summed E-state index contributed by atoms with van der Waals surface area (Å²) in [5, 5.41) is 4.11. The average Bonchev–Trinajstić information content (AvgIpc) is 2.90. The molecule has 1 aliphatic heterocycles. The third-order valence-electron chi connectivity index (χ3n) is 3.57. The summed E-state index contributed by atoms with van der Waals surface area (Å²) in [6.07, 6.45) is 0. The molecule has 122 valence electrons. The van der Waals surface area contributed by atoms with E-state index in [0.29, 0.717) is 10.2 Å². The highest BCUT2D eigenvalue weighted by Crippen LogP contribution is 2.33. The Morgan fingerprint density at radius 2 is 2.04 bits per heavy atom. The minimum absolute atomic E-state index is 0.112. The fourth-order valence-electron chi connectivity index (χ4n) is 2.46. The lowest BCUT2D eigenvalue weighted by atomic mass is 10.1. The van der Waals surface area contributed by atoms with E-state index in [4.69, 9.17) is 16.3 Å². The van der Waals surface area contributed by atoms with Crippen molar-refractivity contribution in [1.29, 1.82) is 0 Å². The van der Waals surface area contributed by atoms with Gasteiger partial charge in [0.15, 0.2) is 5.13 Å². The lowest BCUT2D eigenvalue weighted by molar-refractivity contribution is -0.114. The number of aromatic nitrogens is 1. The molecule has 0 aliphatic carbocycles. The Hall–Kier alpha value is -1.47. The van der Waals surface area contributed by atoms with Gasteiger partial charge in [0.05, 0.1) is 18.9 Å². The molecule has 2 aromatic rings. The Balaban J connectivity index is 1.89. The van der Waals surface area contributed by atoms with Gasteiger partial charge in [-0.1, -0.05) is 35.1 Å². The summed E-state index contributed by atoms with van der Waals surface area (Å²) in [5.41, 5.74) is 1.91. The van der Waals surface area contributed by atoms with Gasteiger partial charge < -0.3 is 10.1 Å². The Labute approximate surface area is 144 Å². The van der Waals surface area contributed by atoms with E-state index in [1.165, 1.54) is 18.3 Å². The van der Waals surface area contributed by atoms with Crippen molar-refractivity contribution in [3.8, 4) is 11.3 Å². The van der Waals surface area contributed by atoms with Crippen molar-refractivity contribution in [3.63, 3.8) is 0 Å². The molecule has 2 heterocycles. The van der Waals surface area contributed by atoms with Crippen molar-refractivity contribution in [2.45, 2.75) is 13.5 Å². The molecule has 1 aromatic carbocycles. The molecule has 0 bridgehead atoms. The number of anilines is 1. The van der Waals surface area contributed by atoms with Gasteiger partial charge in [-0.2, -0.15) is 0 Å². The molecule has 3 rings (SSSR count). The normalized spacial score (nSPS) is 15.6. The Morgan fingerprint density at radius 3 is 2.70 bits per heavy atom. The van der Waals surface area contributed by atoms with E-state index < -0.39 is 0 Å². The van der Waals surface area contributed by atoms with Crippen LogP contribution in [0.2, 0.25) is 5.02 Å². The summed E-state index contributed by atoms with van der Waals surface area (Å²) < 4.78 is 5.40. The zero-order valence-corrected chi connectivity index (χ0v) is 14.4. The first-order chi connectivity index (χ1) is 11.1. The molecule has 1 aromatic heterocycles. The number of halogens is 1. The molecule has 7 heteroatoms. The second-order valence-corrected chi connectivity index (χ2v) is 6.89. The summed E-state index contributed by atoms with van der Waals surface area (Å²) in [6, 6.07) is 7.62. The standard InChI is InChI=1S/C16H18ClN3O2S/c1-11(21)18-16-19-15(12-2-4-13(17)5-3-12)14(23-16)10-20-6-8-22-9-7-20/h2-5H,6-10H2,1H3,(H,18,19,21). The highest BCUT2D eigenvalue weighted by atomic mass is 35.5. The maximum atomic E-state index is 11.3. The van der Waals surface area contributed by atoms with Crippen LogP contribution < -0.4 is 5.32 Å². The number of amides is 1. The minimum atomic E-state index is -0.112. The van der Waals surface area contributed by atoms with Crippen molar-refractivity contribution < 1.29 is 9.53 Å². The molecule has 0 unspecified atom stereocenters. The van der Waals surface area contributed by atoms with Gasteiger partial charge in [-0.05, 0) is 12.1 Å².